The molecule has 0 aliphatic rings. The number of nitrogens with two attached hydrogens (primary N) is 1. The van der Waals surface area contributed by atoms with Crippen molar-refractivity contribution >= 4 is 0 Å². The Labute approximate surface area is 106 Å². The Bertz CT molecular complexity index is 507. The molecule has 0 bridgehead atoms. The van der Waals surface area contributed by atoms with E-state index in [0.717, 1.165) is 12.0 Å². The van der Waals surface area contributed by atoms with Crippen LogP contribution >= 0.6 is 0 Å². The van der Waals surface area contributed by atoms with Crippen LogP contribution in [0.15, 0.2) is 28.8 Å². The van der Waals surface area contributed by atoms with Gasteiger partial charge in [0.05, 0.1) is 6.04 Å². The van der Waals surface area contributed by atoms with Gasteiger partial charge in [-0.15, -0.1) is 0 Å². The summed E-state index contributed by atoms with van der Waals surface area (Å²) in [6, 6.07) is 6.39. The summed E-state index contributed by atoms with van der Waals surface area (Å²) < 4.78 is 5.19. The second kappa shape index (κ2) is 5.18. The van der Waals surface area contributed by atoms with E-state index in [4.69, 9.17) is 10.3 Å². The molecule has 2 rings (SSSR count). The van der Waals surface area contributed by atoms with E-state index in [9.17, 15) is 5.11 Å². The number of aromatic nitrogens is 2. The molecule has 0 fully saturated rings. The van der Waals surface area contributed by atoms with Crippen LogP contribution < -0.4 is 5.73 Å². The van der Waals surface area contributed by atoms with Gasteiger partial charge in [0.2, 0.25) is 11.7 Å². The third kappa shape index (κ3) is 2.51. The Kier molecular flexibility index (Phi) is 3.62. The van der Waals surface area contributed by atoms with Crippen molar-refractivity contribution < 1.29 is 9.63 Å². The minimum absolute atomic E-state index is 0.207. The zero-order valence-electron chi connectivity index (χ0n) is 10.5. The summed E-state index contributed by atoms with van der Waals surface area (Å²) in [6.07, 6.45) is 0.956. The number of hydrogen-bond acceptors (Lipinski definition) is 5. The standard InChI is InChI=1S/C13H17N3O2/c1-3-8(2)11(14)13-15-12(16-18-13)9-4-6-10(17)7-5-9/h4-8,11,17H,3,14H2,1-2H3/t8?,11-/m0/s1. The lowest BCUT2D eigenvalue weighted by molar-refractivity contribution is 0.312. The van der Waals surface area contributed by atoms with E-state index in [2.05, 4.69) is 24.0 Å². The number of nitrogens with zero attached hydrogens (tertiary/aromatic N) is 2. The molecule has 0 amide bonds. The van der Waals surface area contributed by atoms with Gasteiger partial charge in [0.1, 0.15) is 5.75 Å². The maximum atomic E-state index is 9.22. The number of rotatable bonds is 4. The van der Waals surface area contributed by atoms with Crippen LogP contribution in [0.4, 0.5) is 0 Å². The molecule has 1 aromatic carbocycles. The third-order valence-corrected chi connectivity index (χ3v) is 3.11. The fourth-order valence-corrected chi connectivity index (χ4v) is 1.60. The van der Waals surface area contributed by atoms with Crippen molar-refractivity contribution in [3.8, 4) is 17.1 Å². The van der Waals surface area contributed by atoms with E-state index >= 15 is 0 Å². The Hall–Kier alpha value is -1.88. The number of phenols is 1. The molecule has 5 nitrogen and oxygen atoms in total. The van der Waals surface area contributed by atoms with Crippen molar-refractivity contribution in [2.75, 3.05) is 0 Å². The van der Waals surface area contributed by atoms with Gasteiger partial charge >= 0.3 is 0 Å². The predicted octanol–water partition coefficient (Wildman–Crippen LogP) is 2.49. The topological polar surface area (TPSA) is 85.2 Å². The third-order valence-electron chi connectivity index (χ3n) is 3.11. The normalized spacial score (nSPS) is 14.4. The number of hydrogen-bond donors (Lipinski definition) is 2. The number of aromatic hydroxyl groups is 1. The van der Waals surface area contributed by atoms with E-state index in [1.54, 1.807) is 24.3 Å². The first-order valence-electron chi connectivity index (χ1n) is 6.00. The highest BCUT2D eigenvalue weighted by atomic mass is 16.5. The van der Waals surface area contributed by atoms with Crippen molar-refractivity contribution in [3.05, 3.63) is 30.2 Å². The Morgan fingerprint density at radius 2 is 2.00 bits per heavy atom. The van der Waals surface area contributed by atoms with Crippen LogP contribution in [0.3, 0.4) is 0 Å². The summed E-state index contributed by atoms with van der Waals surface area (Å²) in [6.45, 7) is 4.12. The van der Waals surface area contributed by atoms with Crippen LogP contribution in [-0.2, 0) is 0 Å². The van der Waals surface area contributed by atoms with Gasteiger partial charge in [-0.3, -0.25) is 0 Å². The number of benzene rings is 1. The molecule has 0 saturated carbocycles. The smallest absolute Gasteiger partial charge is 0.244 e. The first-order chi connectivity index (χ1) is 8.61. The van der Waals surface area contributed by atoms with Gasteiger partial charge in [0, 0.05) is 5.56 Å². The summed E-state index contributed by atoms with van der Waals surface area (Å²) >= 11 is 0. The molecule has 96 valence electrons. The molecule has 18 heavy (non-hydrogen) atoms. The minimum atomic E-state index is -0.242. The maximum Gasteiger partial charge on any atom is 0.244 e. The molecule has 1 heterocycles. The van der Waals surface area contributed by atoms with Crippen molar-refractivity contribution in [1.82, 2.24) is 10.1 Å². The highest BCUT2D eigenvalue weighted by molar-refractivity contribution is 5.55. The molecule has 0 aliphatic heterocycles. The van der Waals surface area contributed by atoms with Crippen LogP contribution in [-0.4, -0.2) is 15.2 Å². The van der Waals surface area contributed by atoms with Gasteiger partial charge in [-0.2, -0.15) is 4.98 Å². The van der Waals surface area contributed by atoms with E-state index in [-0.39, 0.29) is 17.7 Å². The second-order valence-corrected chi connectivity index (χ2v) is 4.41. The highest BCUT2D eigenvalue weighted by Gasteiger charge is 2.20. The zero-order chi connectivity index (χ0) is 13.1. The molecule has 1 aromatic heterocycles. The van der Waals surface area contributed by atoms with E-state index in [0.29, 0.717) is 11.7 Å². The fraction of sp³-hybridized carbons (Fsp3) is 0.385. The first-order valence-corrected chi connectivity index (χ1v) is 6.00. The quantitative estimate of drug-likeness (QED) is 0.867. The van der Waals surface area contributed by atoms with Gasteiger partial charge in [-0.1, -0.05) is 25.4 Å². The first kappa shape index (κ1) is 12.6. The summed E-state index contributed by atoms with van der Waals surface area (Å²) in [5, 5.41) is 13.1. The monoisotopic (exact) mass is 247 g/mol. The fourth-order valence-electron chi connectivity index (χ4n) is 1.60. The predicted molar refractivity (Wildman–Crippen MR) is 67.8 cm³/mol. The minimum Gasteiger partial charge on any atom is -0.508 e. The summed E-state index contributed by atoms with van der Waals surface area (Å²) in [5.41, 5.74) is 6.82. The molecular weight excluding hydrogens is 230 g/mol. The highest BCUT2D eigenvalue weighted by Crippen LogP contribution is 2.24. The van der Waals surface area contributed by atoms with Gasteiger partial charge < -0.3 is 15.4 Å². The Morgan fingerprint density at radius 3 is 2.61 bits per heavy atom. The molecule has 0 spiro atoms. The van der Waals surface area contributed by atoms with Gasteiger partial charge in [-0.05, 0) is 30.2 Å². The molecule has 2 aromatic rings. The molecular formula is C13H17N3O2. The summed E-state index contributed by atoms with van der Waals surface area (Å²) in [5.74, 6) is 1.44. The van der Waals surface area contributed by atoms with Crippen molar-refractivity contribution in [2.24, 2.45) is 11.7 Å². The average molecular weight is 247 g/mol. The largest absolute Gasteiger partial charge is 0.508 e. The van der Waals surface area contributed by atoms with Crippen LogP contribution in [0.5, 0.6) is 5.75 Å². The van der Waals surface area contributed by atoms with Crippen molar-refractivity contribution in [1.29, 1.82) is 0 Å². The Balaban J connectivity index is 2.22. The van der Waals surface area contributed by atoms with E-state index in [1.807, 2.05) is 0 Å². The molecule has 3 N–H and O–H groups in total. The molecule has 5 heteroatoms. The summed E-state index contributed by atoms with van der Waals surface area (Å²) in [4.78, 5) is 4.29. The maximum absolute atomic E-state index is 9.22. The van der Waals surface area contributed by atoms with Gasteiger partial charge in [-0.25, -0.2) is 0 Å². The average Bonchev–Trinajstić information content (AvgIpc) is 2.87. The molecule has 0 radical (unpaired) electrons. The molecule has 0 aliphatic carbocycles. The second-order valence-electron chi connectivity index (χ2n) is 4.41. The van der Waals surface area contributed by atoms with Gasteiger partial charge in [0.15, 0.2) is 0 Å². The molecule has 2 atom stereocenters. The van der Waals surface area contributed by atoms with Crippen LogP contribution in [0.2, 0.25) is 0 Å². The summed E-state index contributed by atoms with van der Waals surface area (Å²) in [7, 11) is 0. The van der Waals surface area contributed by atoms with E-state index < -0.39 is 0 Å². The van der Waals surface area contributed by atoms with Crippen LogP contribution in [0.1, 0.15) is 32.2 Å². The van der Waals surface area contributed by atoms with Crippen molar-refractivity contribution in [2.45, 2.75) is 26.3 Å². The molecule has 0 saturated heterocycles. The SMILES string of the molecule is CCC(C)[C@H](N)c1nc(-c2ccc(O)cc2)no1. The Morgan fingerprint density at radius 1 is 1.33 bits per heavy atom. The zero-order valence-corrected chi connectivity index (χ0v) is 10.5. The van der Waals surface area contributed by atoms with E-state index in [1.165, 1.54) is 0 Å². The lowest BCUT2D eigenvalue weighted by atomic mass is 10.0. The molecule has 1 unspecified atom stereocenters. The van der Waals surface area contributed by atoms with Crippen molar-refractivity contribution in [3.63, 3.8) is 0 Å². The van der Waals surface area contributed by atoms with Gasteiger partial charge in [0.25, 0.3) is 0 Å². The van der Waals surface area contributed by atoms with Crippen LogP contribution in [0.25, 0.3) is 11.4 Å². The number of phenolic OH excluding ortho intramolecular Hbond substituents is 1. The lowest BCUT2D eigenvalue weighted by Crippen LogP contribution is -2.18. The van der Waals surface area contributed by atoms with Crippen LogP contribution in [0, 0.1) is 5.92 Å². The lowest BCUT2D eigenvalue weighted by Gasteiger charge is -2.12.